The minimum absolute atomic E-state index is 0.499. The average molecular weight is 230 g/mol. The molecule has 0 bridgehead atoms. The molecule has 0 radical (unpaired) electrons. The summed E-state index contributed by atoms with van der Waals surface area (Å²) >= 11 is 0. The molecule has 0 aromatic rings. The number of carboxylic acids is 1. The first-order valence-electron chi connectivity index (χ1n) is 6.01. The molecule has 0 aromatic carbocycles. The lowest BCUT2D eigenvalue weighted by Crippen LogP contribution is -2.29. The Kier molecular flexibility index (Phi) is 5.77. The molecular formula is C12H22O4. The van der Waals surface area contributed by atoms with Gasteiger partial charge in [-0.25, -0.2) is 0 Å². The van der Waals surface area contributed by atoms with E-state index in [1.165, 1.54) is 0 Å². The Morgan fingerprint density at radius 1 is 1.25 bits per heavy atom. The van der Waals surface area contributed by atoms with Crippen molar-refractivity contribution in [3.63, 3.8) is 0 Å². The van der Waals surface area contributed by atoms with E-state index in [9.17, 15) is 9.90 Å². The number of carbonyl (C=O) groups is 1. The smallest absolute Gasteiger partial charge is 0.309 e. The molecule has 0 atom stereocenters. The van der Waals surface area contributed by atoms with Crippen LogP contribution in [0.15, 0.2) is 0 Å². The first-order valence-corrected chi connectivity index (χ1v) is 6.01. The summed E-state index contributed by atoms with van der Waals surface area (Å²) in [5.41, 5.74) is -0.499. The van der Waals surface area contributed by atoms with Crippen molar-refractivity contribution in [1.29, 1.82) is 0 Å². The van der Waals surface area contributed by atoms with E-state index in [0.29, 0.717) is 26.2 Å². The zero-order valence-electron chi connectivity index (χ0n) is 10.0. The van der Waals surface area contributed by atoms with E-state index in [1.807, 2.05) is 0 Å². The third kappa shape index (κ3) is 3.76. The second-order valence-electron chi connectivity index (χ2n) is 4.50. The van der Waals surface area contributed by atoms with Crippen molar-refractivity contribution < 1.29 is 19.4 Å². The molecule has 0 aliphatic heterocycles. The van der Waals surface area contributed by atoms with Gasteiger partial charge in [-0.15, -0.1) is 0 Å². The van der Waals surface area contributed by atoms with E-state index < -0.39 is 11.4 Å². The van der Waals surface area contributed by atoms with Crippen molar-refractivity contribution in [2.45, 2.75) is 38.5 Å². The summed E-state index contributed by atoms with van der Waals surface area (Å²) in [5, 5.41) is 9.23. The van der Waals surface area contributed by atoms with Gasteiger partial charge in [0, 0.05) is 26.9 Å². The molecule has 94 valence electrons. The standard InChI is InChI=1S/C12H22O4/c1-15-8-4-9-16-10-7-12(11(13)14)5-2-3-6-12/h2-10H2,1H3,(H,13,14). The Morgan fingerprint density at radius 2 is 1.94 bits per heavy atom. The highest BCUT2D eigenvalue weighted by atomic mass is 16.5. The van der Waals surface area contributed by atoms with Crippen LogP contribution in [0.25, 0.3) is 0 Å². The quantitative estimate of drug-likeness (QED) is 0.649. The van der Waals surface area contributed by atoms with Crippen LogP contribution in [0.2, 0.25) is 0 Å². The number of aliphatic carboxylic acids is 1. The van der Waals surface area contributed by atoms with Crippen LogP contribution in [0.1, 0.15) is 38.5 Å². The molecule has 0 aromatic heterocycles. The van der Waals surface area contributed by atoms with Gasteiger partial charge >= 0.3 is 5.97 Å². The minimum atomic E-state index is -0.648. The van der Waals surface area contributed by atoms with Gasteiger partial charge in [-0.1, -0.05) is 12.8 Å². The summed E-state index contributed by atoms with van der Waals surface area (Å²) in [5.74, 6) is -0.648. The van der Waals surface area contributed by atoms with Gasteiger partial charge in [0.05, 0.1) is 5.41 Å². The lowest BCUT2D eigenvalue weighted by Gasteiger charge is -2.23. The summed E-state index contributed by atoms with van der Waals surface area (Å²) in [7, 11) is 1.66. The highest BCUT2D eigenvalue weighted by molar-refractivity contribution is 5.74. The van der Waals surface area contributed by atoms with E-state index in [4.69, 9.17) is 9.47 Å². The van der Waals surface area contributed by atoms with Crippen LogP contribution in [-0.2, 0) is 14.3 Å². The molecule has 1 saturated carbocycles. The van der Waals surface area contributed by atoms with Crippen molar-refractivity contribution in [3.8, 4) is 0 Å². The van der Waals surface area contributed by atoms with Crippen LogP contribution in [0.4, 0.5) is 0 Å². The lowest BCUT2D eigenvalue weighted by molar-refractivity contribution is -0.149. The van der Waals surface area contributed by atoms with Crippen LogP contribution in [0, 0.1) is 5.41 Å². The molecule has 1 N–H and O–H groups in total. The first kappa shape index (κ1) is 13.5. The van der Waals surface area contributed by atoms with E-state index in [1.54, 1.807) is 7.11 Å². The maximum Gasteiger partial charge on any atom is 0.309 e. The van der Waals surface area contributed by atoms with E-state index in [2.05, 4.69) is 0 Å². The Balaban J connectivity index is 2.16. The second kappa shape index (κ2) is 6.86. The molecule has 0 saturated heterocycles. The fourth-order valence-corrected chi connectivity index (χ4v) is 2.30. The monoisotopic (exact) mass is 230 g/mol. The zero-order valence-corrected chi connectivity index (χ0v) is 10.0. The third-order valence-electron chi connectivity index (χ3n) is 3.38. The van der Waals surface area contributed by atoms with Crippen LogP contribution in [0.3, 0.4) is 0 Å². The van der Waals surface area contributed by atoms with Crippen molar-refractivity contribution in [3.05, 3.63) is 0 Å². The summed E-state index contributed by atoms with van der Waals surface area (Å²) in [6, 6.07) is 0. The Morgan fingerprint density at radius 3 is 2.50 bits per heavy atom. The van der Waals surface area contributed by atoms with Gasteiger partial charge in [0.2, 0.25) is 0 Å². The average Bonchev–Trinajstić information content (AvgIpc) is 2.73. The van der Waals surface area contributed by atoms with Crippen molar-refractivity contribution in [2.75, 3.05) is 26.9 Å². The SMILES string of the molecule is COCCCOCCC1(C(=O)O)CCCC1. The number of ether oxygens (including phenoxy) is 2. The Bertz CT molecular complexity index is 209. The fraction of sp³-hybridized carbons (Fsp3) is 0.917. The summed E-state index contributed by atoms with van der Waals surface area (Å²) in [6.45, 7) is 1.91. The van der Waals surface area contributed by atoms with Crippen LogP contribution in [0.5, 0.6) is 0 Å². The topological polar surface area (TPSA) is 55.8 Å². The molecule has 0 heterocycles. The van der Waals surface area contributed by atoms with Gasteiger partial charge in [-0.05, 0) is 25.7 Å². The van der Waals surface area contributed by atoms with Gasteiger partial charge in [-0.3, -0.25) is 4.79 Å². The number of carboxylic acid groups (broad SMARTS) is 1. The van der Waals surface area contributed by atoms with Crippen molar-refractivity contribution >= 4 is 5.97 Å². The largest absolute Gasteiger partial charge is 0.481 e. The number of rotatable bonds is 8. The van der Waals surface area contributed by atoms with Crippen LogP contribution in [-0.4, -0.2) is 38.0 Å². The minimum Gasteiger partial charge on any atom is -0.481 e. The Hall–Kier alpha value is -0.610. The summed E-state index contributed by atoms with van der Waals surface area (Å²) in [6.07, 6.45) is 5.21. The van der Waals surface area contributed by atoms with Crippen molar-refractivity contribution in [2.24, 2.45) is 5.41 Å². The zero-order chi connectivity index (χ0) is 11.9. The molecule has 0 spiro atoms. The Labute approximate surface area is 96.9 Å². The third-order valence-corrected chi connectivity index (χ3v) is 3.38. The van der Waals surface area contributed by atoms with Crippen LogP contribution < -0.4 is 0 Å². The maximum absolute atomic E-state index is 11.2. The molecule has 1 fully saturated rings. The predicted octanol–water partition coefficient (Wildman–Crippen LogP) is 2.07. The number of methoxy groups -OCH3 is 1. The molecule has 4 heteroatoms. The van der Waals surface area contributed by atoms with Gasteiger partial charge in [0.25, 0.3) is 0 Å². The molecule has 1 rings (SSSR count). The van der Waals surface area contributed by atoms with E-state index in [-0.39, 0.29) is 0 Å². The molecule has 0 amide bonds. The fourth-order valence-electron chi connectivity index (χ4n) is 2.30. The van der Waals surface area contributed by atoms with Gasteiger partial charge in [0.1, 0.15) is 0 Å². The lowest BCUT2D eigenvalue weighted by atomic mass is 9.83. The van der Waals surface area contributed by atoms with Gasteiger partial charge in [0.15, 0.2) is 0 Å². The highest BCUT2D eigenvalue weighted by Crippen LogP contribution is 2.41. The van der Waals surface area contributed by atoms with Gasteiger partial charge < -0.3 is 14.6 Å². The highest BCUT2D eigenvalue weighted by Gasteiger charge is 2.40. The van der Waals surface area contributed by atoms with E-state index in [0.717, 1.165) is 32.1 Å². The second-order valence-corrected chi connectivity index (χ2v) is 4.50. The van der Waals surface area contributed by atoms with Gasteiger partial charge in [-0.2, -0.15) is 0 Å². The van der Waals surface area contributed by atoms with Crippen molar-refractivity contribution in [1.82, 2.24) is 0 Å². The molecule has 1 aliphatic carbocycles. The molecule has 16 heavy (non-hydrogen) atoms. The number of hydrogen-bond donors (Lipinski definition) is 1. The maximum atomic E-state index is 11.2. The predicted molar refractivity (Wildman–Crippen MR) is 60.5 cm³/mol. The summed E-state index contributed by atoms with van der Waals surface area (Å²) < 4.78 is 10.3. The number of hydrogen-bond acceptors (Lipinski definition) is 3. The normalized spacial score (nSPS) is 18.8. The molecule has 0 unspecified atom stereocenters. The van der Waals surface area contributed by atoms with E-state index >= 15 is 0 Å². The molecule has 4 nitrogen and oxygen atoms in total. The van der Waals surface area contributed by atoms with Crippen LogP contribution >= 0.6 is 0 Å². The molecule has 1 aliphatic rings. The summed E-state index contributed by atoms with van der Waals surface area (Å²) in [4.78, 5) is 11.2. The molecular weight excluding hydrogens is 208 g/mol. The first-order chi connectivity index (χ1) is 7.71.